The van der Waals surface area contributed by atoms with Crippen LogP contribution in [0.2, 0.25) is 0 Å². The van der Waals surface area contributed by atoms with Gasteiger partial charge in [0.1, 0.15) is 0 Å². The van der Waals surface area contributed by atoms with Crippen LogP contribution in [0.1, 0.15) is 47.0 Å². The van der Waals surface area contributed by atoms with Gasteiger partial charge in [0.25, 0.3) is 0 Å². The Morgan fingerprint density at radius 3 is 1.68 bits per heavy atom. The molecule has 0 rings (SSSR count). The molecule has 0 aromatic carbocycles. The van der Waals surface area contributed by atoms with E-state index in [1.807, 2.05) is 27.7 Å². The first kappa shape index (κ1) is 33.2. The lowest BCUT2D eigenvalue weighted by Gasteiger charge is -2.19. The van der Waals surface area contributed by atoms with Crippen LogP contribution < -0.4 is 0 Å². The quantitative estimate of drug-likeness (QED) is 0.245. The van der Waals surface area contributed by atoms with E-state index in [-0.39, 0.29) is 31.4 Å². The number of aliphatic carboxylic acids is 1. The Bertz CT molecular complexity index is 512. The van der Waals surface area contributed by atoms with Crippen LogP contribution in [0.4, 0.5) is 0 Å². The van der Waals surface area contributed by atoms with Crippen molar-refractivity contribution < 1.29 is 38.9 Å². The summed E-state index contributed by atoms with van der Waals surface area (Å²) in [6.07, 6.45) is 2.13. The van der Waals surface area contributed by atoms with Crippen LogP contribution in [0.15, 0.2) is 12.7 Å². The smallest absolute Gasteiger partial charge is 0.329 e. The minimum Gasteiger partial charge on any atom is -0.481 e. The molecule has 0 radical (unpaired) electrons. The van der Waals surface area contributed by atoms with Gasteiger partial charge in [-0.2, -0.15) is 0 Å². The van der Waals surface area contributed by atoms with Crippen molar-refractivity contribution >= 4 is 23.8 Å². The monoisotopic (exact) mass is 448 g/mol. The van der Waals surface area contributed by atoms with E-state index in [4.69, 9.17) is 14.9 Å². The Hall–Kier alpha value is -2.46. The second kappa shape index (κ2) is 23.8. The lowest BCUT2D eigenvalue weighted by Crippen LogP contribution is -2.33. The number of ether oxygens (including phenoxy) is 2. The maximum atomic E-state index is 11.3. The third-order valence-electron chi connectivity index (χ3n) is 3.78. The number of hydrogen-bond acceptors (Lipinski definition) is 7. The lowest BCUT2D eigenvalue weighted by atomic mass is 10.4. The Morgan fingerprint density at radius 1 is 0.903 bits per heavy atom. The second-order valence-corrected chi connectivity index (χ2v) is 5.86. The van der Waals surface area contributed by atoms with E-state index in [1.54, 1.807) is 9.80 Å². The fourth-order valence-corrected chi connectivity index (χ4v) is 2.01. The van der Waals surface area contributed by atoms with Crippen molar-refractivity contribution in [3.8, 4) is 0 Å². The van der Waals surface area contributed by atoms with Crippen molar-refractivity contribution in [2.75, 3.05) is 53.1 Å². The van der Waals surface area contributed by atoms with Gasteiger partial charge in [-0.3, -0.25) is 14.4 Å². The van der Waals surface area contributed by atoms with Gasteiger partial charge in [0.2, 0.25) is 11.8 Å². The minimum absolute atomic E-state index is 0.00779. The molecule has 0 spiro atoms. The van der Waals surface area contributed by atoms with Gasteiger partial charge in [-0.05, 0) is 13.8 Å². The van der Waals surface area contributed by atoms with Crippen LogP contribution in [0.25, 0.3) is 0 Å². The highest BCUT2D eigenvalue weighted by atomic mass is 16.5. The molecule has 10 nitrogen and oxygen atoms in total. The number of hydrogen-bond donors (Lipinski definition) is 2. The normalized spacial score (nSPS) is 9.23. The zero-order valence-corrected chi connectivity index (χ0v) is 19.6. The van der Waals surface area contributed by atoms with Crippen LogP contribution in [-0.4, -0.2) is 96.9 Å². The number of aliphatic hydroxyl groups is 1. The summed E-state index contributed by atoms with van der Waals surface area (Å²) in [5.74, 6) is -1.06. The second-order valence-electron chi connectivity index (χ2n) is 5.86. The molecule has 2 amide bonds. The SMILES string of the molecule is C=CC(=O)OC.CCC(=O)N(CC)CCO.CCC(=O)N(CC)CCOCCC(=O)O. The summed E-state index contributed by atoms with van der Waals surface area (Å²) in [5.41, 5.74) is 0. The van der Waals surface area contributed by atoms with Crippen molar-refractivity contribution in [2.45, 2.75) is 47.0 Å². The van der Waals surface area contributed by atoms with Crippen molar-refractivity contribution in [3.05, 3.63) is 12.7 Å². The summed E-state index contributed by atoms with van der Waals surface area (Å²) in [6, 6.07) is 0. The number of esters is 1. The number of aliphatic hydroxyl groups excluding tert-OH is 1. The molecule has 0 saturated carbocycles. The van der Waals surface area contributed by atoms with Gasteiger partial charge in [-0.15, -0.1) is 0 Å². The van der Waals surface area contributed by atoms with Crippen molar-refractivity contribution in [1.29, 1.82) is 0 Å². The van der Waals surface area contributed by atoms with E-state index >= 15 is 0 Å². The Kier molecular flexibility index (Phi) is 25.5. The van der Waals surface area contributed by atoms with E-state index in [0.717, 1.165) is 6.08 Å². The number of rotatable bonds is 13. The zero-order valence-electron chi connectivity index (χ0n) is 19.6. The molecule has 0 aliphatic rings. The molecule has 0 saturated heterocycles. The topological polar surface area (TPSA) is 134 Å². The number of nitrogens with zero attached hydrogens (tertiary/aromatic N) is 2. The van der Waals surface area contributed by atoms with Crippen molar-refractivity contribution in [1.82, 2.24) is 9.80 Å². The number of amides is 2. The molecule has 2 N–H and O–H groups in total. The summed E-state index contributed by atoms with van der Waals surface area (Å²) in [4.78, 5) is 45.6. The van der Waals surface area contributed by atoms with Gasteiger partial charge >= 0.3 is 11.9 Å². The Labute approximate surface area is 185 Å². The fourth-order valence-electron chi connectivity index (χ4n) is 2.01. The first-order valence-electron chi connectivity index (χ1n) is 10.3. The maximum absolute atomic E-state index is 11.3. The predicted molar refractivity (Wildman–Crippen MR) is 117 cm³/mol. The van der Waals surface area contributed by atoms with Crippen LogP contribution in [0.3, 0.4) is 0 Å². The first-order chi connectivity index (χ1) is 14.7. The standard InChI is InChI=1S/C10H19NO4.C7H15NO2.C4H6O2/c1-3-9(12)11(4-2)6-8-15-7-5-10(13)14;1-3-7(10)8(4-2)5-6-9;1-3-4(5)6-2/h3-8H2,1-2H3,(H,13,14);9H,3-6H2,1-2H3;3H,1H2,2H3. The van der Waals surface area contributed by atoms with E-state index in [0.29, 0.717) is 45.6 Å². The average Bonchev–Trinajstić information content (AvgIpc) is 2.78. The van der Waals surface area contributed by atoms with E-state index < -0.39 is 11.9 Å². The molecule has 0 fully saturated rings. The number of likely N-dealkylation sites (N-methyl/N-ethyl adjacent to an activating group) is 2. The molecule has 0 unspecified atom stereocenters. The van der Waals surface area contributed by atoms with Crippen molar-refractivity contribution in [3.63, 3.8) is 0 Å². The molecule has 0 bridgehead atoms. The summed E-state index contributed by atoms with van der Waals surface area (Å²) < 4.78 is 9.24. The van der Waals surface area contributed by atoms with Crippen LogP contribution in [0, 0.1) is 0 Å². The van der Waals surface area contributed by atoms with E-state index in [9.17, 15) is 19.2 Å². The molecular formula is C21H40N2O8. The summed E-state index contributed by atoms with van der Waals surface area (Å²) in [7, 11) is 1.31. The van der Waals surface area contributed by atoms with Gasteiger partial charge in [0.15, 0.2) is 0 Å². The fraction of sp³-hybridized carbons (Fsp3) is 0.714. The van der Waals surface area contributed by atoms with Crippen LogP contribution >= 0.6 is 0 Å². The van der Waals surface area contributed by atoms with E-state index in [1.165, 1.54) is 7.11 Å². The molecule has 0 aromatic heterocycles. The third kappa shape index (κ3) is 22.1. The molecule has 10 heteroatoms. The summed E-state index contributed by atoms with van der Waals surface area (Å²) >= 11 is 0. The molecule has 0 aliphatic heterocycles. The minimum atomic E-state index is -0.869. The molecule has 0 heterocycles. The van der Waals surface area contributed by atoms with E-state index in [2.05, 4.69) is 11.3 Å². The van der Waals surface area contributed by atoms with Gasteiger partial charge in [0.05, 0.1) is 33.4 Å². The summed E-state index contributed by atoms with van der Waals surface area (Å²) in [5, 5.41) is 16.9. The highest BCUT2D eigenvalue weighted by Crippen LogP contribution is 1.94. The van der Waals surface area contributed by atoms with Gasteiger partial charge in [-0.25, -0.2) is 4.79 Å². The zero-order chi connectivity index (χ0) is 24.7. The number of carbonyl (C=O) groups excluding carboxylic acids is 3. The predicted octanol–water partition coefficient (Wildman–Crippen LogP) is 1.32. The molecule has 182 valence electrons. The van der Waals surface area contributed by atoms with Gasteiger partial charge in [-0.1, -0.05) is 20.4 Å². The highest BCUT2D eigenvalue weighted by Gasteiger charge is 2.08. The van der Waals surface area contributed by atoms with Gasteiger partial charge < -0.3 is 29.5 Å². The number of carboxylic acid groups (broad SMARTS) is 1. The molecule has 0 aromatic rings. The first-order valence-corrected chi connectivity index (χ1v) is 10.3. The van der Waals surface area contributed by atoms with Crippen LogP contribution in [0.5, 0.6) is 0 Å². The van der Waals surface area contributed by atoms with Gasteiger partial charge in [0, 0.05) is 45.1 Å². The third-order valence-corrected chi connectivity index (χ3v) is 3.78. The molecule has 31 heavy (non-hydrogen) atoms. The number of carbonyl (C=O) groups is 4. The largest absolute Gasteiger partial charge is 0.481 e. The Balaban J connectivity index is -0.000000421. The summed E-state index contributed by atoms with van der Waals surface area (Å²) in [6.45, 7) is 13.6. The lowest BCUT2D eigenvalue weighted by molar-refractivity contribution is -0.139. The molecular weight excluding hydrogens is 408 g/mol. The Morgan fingerprint density at radius 2 is 1.39 bits per heavy atom. The highest BCUT2D eigenvalue weighted by molar-refractivity contribution is 5.80. The average molecular weight is 449 g/mol. The number of carboxylic acids is 1. The number of methoxy groups -OCH3 is 1. The molecule has 0 aliphatic carbocycles. The van der Waals surface area contributed by atoms with Crippen molar-refractivity contribution in [2.24, 2.45) is 0 Å². The maximum Gasteiger partial charge on any atom is 0.329 e. The molecule has 0 atom stereocenters. The van der Waals surface area contributed by atoms with Crippen LogP contribution in [-0.2, 0) is 28.7 Å².